The number of hydrogen-bond donors (Lipinski definition) is 1. The Balaban J connectivity index is 2.33. The molecule has 1 aromatic rings. The maximum absolute atomic E-state index is 8.47. The van der Waals surface area contributed by atoms with E-state index in [0.29, 0.717) is 12.8 Å². The van der Waals surface area contributed by atoms with Crippen LogP contribution in [0.1, 0.15) is 37.9 Å². The van der Waals surface area contributed by atoms with Crippen molar-refractivity contribution in [3.05, 3.63) is 18.2 Å². The van der Waals surface area contributed by atoms with E-state index in [1.54, 1.807) is 0 Å². The third kappa shape index (κ3) is 4.14. The number of aromatic nitrogens is 2. The van der Waals surface area contributed by atoms with Gasteiger partial charge in [0.2, 0.25) is 0 Å². The molecule has 0 spiro atoms. The molecule has 4 heteroatoms. The summed E-state index contributed by atoms with van der Waals surface area (Å²) in [5.41, 5.74) is 0. The molecule has 0 amide bonds. The highest BCUT2D eigenvalue weighted by Gasteiger charge is 2.09. The van der Waals surface area contributed by atoms with E-state index in [4.69, 9.17) is 10.5 Å². The van der Waals surface area contributed by atoms with Crippen LogP contribution < -0.4 is 4.57 Å². The quantitative estimate of drug-likeness (QED) is 0.559. The van der Waals surface area contributed by atoms with E-state index in [1.807, 2.05) is 12.4 Å². The summed E-state index contributed by atoms with van der Waals surface area (Å²) in [4.78, 5) is 3.21. The van der Waals surface area contributed by atoms with Crippen molar-refractivity contribution in [2.45, 2.75) is 45.1 Å². The van der Waals surface area contributed by atoms with Crippen LogP contribution in [-0.4, -0.2) is 4.98 Å². The highest BCUT2D eigenvalue weighted by atomic mass is 15.1. The van der Waals surface area contributed by atoms with Crippen LogP contribution >= 0.6 is 0 Å². The zero-order chi connectivity index (χ0) is 11.6. The summed E-state index contributed by atoms with van der Waals surface area (Å²) in [7, 11) is 0. The van der Waals surface area contributed by atoms with Crippen molar-refractivity contribution in [2.75, 3.05) is 0 Å². The van der Waals surface area contributed by atoms with Crippen LogP contribution in [0.25, 0.3) is 0 Å². The number of unbranched alkanes of at least 4 members (excludes halogenated alkanes) is 3. The Hall–Kier alpha value is -1.81. The van der Waals surface area contributed by atoms with Gasteiger partial charge in [-0.15, -0.1) is 0 Å². The van der Waals surface area contributed by atoms with Gasteiger partial charge in [-0.2, -0.15) is 10.5 Å². The summed E-state index contributed by atoms with van der Waals surface area (Å²) in [6, 6.07) is 4.30. The monoisotopic (exact) mass is 217 g/mol. The molecule has 1 heterocycles. The van der Waals surface area contributed by atoms with Gasteiger partial charge in [0.15, 0.2) is 0 Å². The Morgan fingerprint density at radius 3 is 2.62 bits per heavy atom. The molecule has 84 valence electrons. The number of hydrogen-bond acceptors (Lipinski definition) is 2. The molecular weight excluding hydrogens is 200 g/mol. The van der Waals surface area contributed by atoms with E-state index in [2.05, 4.69) is 21.7 Å². The fourth-order valence-corrected chi connectivity index (χ4v) is 1.65. The average Bonchev–Trinajstić information content (AvgIpc) is 2.73. The molecule has 4 nitrogen and oxygen atoms in total. The van der Waals surface area contributed by atoms with E-state index in [1.165, 1.54) is 5.82 Å². The maximum Gasteiger partial charge on any atom is 0.254 e. The SMILES string of the molecule is N#CCCCCc1[nH]cc[n+]1CCCC#N. The molecule has 1 aromatic heterocycles. The second-order valence-electron chi connectivity index (χ2n) is 3.73. The van der Waals surface area contributed by atoms with Crippen molar-refractivity contribution in [2.24, 2.45) is 0 Å². The zero-order valence-corrected chi connectivity index (χ0v) is 9.45. The molecule has 0 fully saturated rings. The molecule has 1 rings (SSSR count). The number of nitrogens with zero attached hydrogens (tertiary/aromatic N) is 3. The first-order chi connectivity index (χ1) is 7.88. The lowest BCUT2D eigenvalue weighted by molar-refractivity contribution is -0.703. The number of imidazole rings is 1. The van der Waals surface area contributed by atoms with E-state index in [0.717, 1.165) is 32.2 Å². The molecule has 1 N–H and O–H groups in total. The van der Waals surface area contributed by atoms with E-state index >= 15 is 0 Å². The minimum atomic E-state index is 0.603. The number of nitriles is 2. The normalized spacial score (nSPS) is 9.62. The Morgan fingerprint density at radius 2 is 1.88 bits per heavy atom. The predicted octanol–water partition coefficient (Wildman–Crippen LogP) is 1.84. The van der Waals surface area contributed by atoms with Gasteiger partial charge in [-0.25, -0.2) is 9.55 Å². The molecule has 0 radical (unpaired) electrons. The molecule has 0 bridgehead atoms. The predicted molar refractivity (Wildman–Crippen MR) is 59.0 cm³/mol. The first-order valence-electron chi connectivity index (χ1n) is 5.68. The second-order valence-corrected chi connectivity index (χ2v) is 3.73. The van der Waals surface area contributed by atoms with E-state index in [-0.39, 0.29) is 0 Å². The van der Waals surface area contributed by atoms with Crippen LogP contribution in [0.4, 0.5) is 0 Å². The van der Waals surface area contributed by atoms with Gasteiger partial charge in [0.1, 0.15) is 12.4 Å². The van der Waals surface area contributed by atoms with Gasteiger partial charge in [0.05, 0.1) is 18.7 Å². The second kappa shape index (κ2) is 7.48. The van der Waals surface area contributed by atoms with Crippen LogP contribution in [0.3, 0.4) is 0 Å². The molecule has 0 saturated heterocycles. The summed E-state index contributed by atoms with van der Waals surface area (Å²) in [5.74, 6) is 1.19. The largest absolute Gasteiger partial charge is 0.254 e. The van der Waals surface area contributed by atoms with Crippen molar-refractivity contribution in [3.63, 3.8) is 0 Å². The summed E-state index contributed by atoms with van der Waals surface area (Å²) < 4.78 is 2.16. The third-order valence-corrected chi connectivity index (χ3v) is 2.49. The highest BCUT2D eigenvalue weighted by molar-refractivity contribution is 4.79. The molecule has 0 aliphatic heterocycles. The van der Waals surface area contributed by atoms with Crippen LogP contribution in [0.2, 0.25) is 0 Å². The summed E-state index contributed by atoms with van der Waals surface area (Å²) >= 11 is 0. The Kier molecular flexibility index (Phi) is 5.73. The van der Waals surface area contributed by atoms with Gasteiger partial charge in [-0.1, -0.05) is 0 Å². The first-order valence-corrected chi connectivity index (χ1v) is 5.68. The number of aromatic amines is 1. The lowest BCUT2D eigenvalue weighted by Gasteiger charge is -1.98. The minimum absolute atomic E-state index is 0.603. The molecule has 0 saturated carbocycles. The molecule has 0 unspecified atom stereocenters. The van der Waals surface area contributed by atoms with Gasteiger partial charge < -0.3 is 0 Å². The van der Waals surface area contributed by atoms with E-state index in [9.17, 15) is 0 Å². The van der Waals surface area contributed by atoms with Crippen molar-refractivity contribution < 1.29 is 4.57 Å². The molecule has 0 atom stereocenters. The lowest BCUT2D eigenvalue weighted by atomic mass is 10.2. The van der Waals surface area contributed by atoms with Crippen LogP contribution in [0, 0.1) is 22.7 Å². The Bertz CT molecular complexity index is 380. The standard InChI is InChI=1S/C12H16N4/c13-7-3-1-2-6-12-15-9-11-16(12)10-5-4-8-14/h9,11H,1-6,10H2/p+1. The number of aryl methyl sites for hydroxylation is 2. The summed E-state index contributed by atoms with van der Waals surface area (Å²) in [5, 5.41) is 16.9. The summed E-state index contributed by atoms with van der Waals surface area (Å²) in [6.07, 6.45) is 9.02. The summed E-state index contributed by atoms with van der Waals surface area (Å²) in [6.45, 7) is 0.893. The smallest absolute Gasteiger partial charge is 0.248 e. The van der Waals surface area contributed by atoms with Crippen LogP contribution in [0.15, 0.2) is 12.4 Å². The van der Waals surface area contributed by atoms with Gasteiger partial charge >= 0.3 is 0 Å². The van der Waals surface area contributed by atoms with Gasteiger partial charge in [-0.05, 0) is 19.3 Å². The van der Waals surface area contributed by atoms with Crippen molar-refractivity contribution in [1.29, 1.82) is 10.5 Å². The van der Waals surface area contributed by atoms with Crippen molar-refractivity contribution in [3.8, 4) is 12.1 Å². The lowest BCUT2D eigenvalue weighted by Crippen LogP contribution is -2.36. The first kappa shape index (κ1) is 12.3. The molecule has 0 aliphatic carbocycles. The third-order valence-electron chi connectivity index (χ3n) is 2.49. The fourth-order valence-electron chi connectivity index (χ4n) is 1.65. The van der Waals surface area contributed by atoms with Gasteiger partial charge in [0, 0.05) is 19.3 Å². The van der Waals surface area contributed by atoms with Crippen molar-refractivity contribution >= 4 is 0 Å². The molecule has 0 aromatic carbocycles. The van der Waals surface area contributed by atoms with Crippen LogP contribution in [-0.2, 0) is 13.0 Å². The molecular formula is C12H17N4+. The fraction of sp³-hybridized carbons (Fsp3) is 0.583. The number of H-pyrrole nitrogens is 1. The van der Waals surface area contributed by atoms with Crippen molar-refractivity contribution in [1.82, 2.24) is 4.98 Å². The van der Waals surface area contributed by atoms with Gasteiger partial charge in [-0.3, -0.25) is 0 Å². The maximum atomic E-state index is 8.47. The Labute approximate surface area is 96.1 Å². The molecule has 16 heavy (non-hydrogen) atoms. The van der Waals surface area contributed by atoms with E-state index < -0.39 is 0 Å². The average molecular weight is 217 g/mol. The zero-order valence-electron chi connectivity index (χ0n) is 9.45. The van der Waals surface area contributed by atoms with Crippen LogP contribution in [0.5, 0.6) is 0 Å². The number of nitrogens with one attached hydrogen (secondary N) is 1. The number of rotatable bonds is 7. The topological polar surface area (TPSA) is 67.2 Å². The van der Waals surface area contributed by atoms with Gasteiger partial charge in [0.25, 0.3) is 5.82 Å². The minimum Gasteiger partial charge on any atom is -0.248 e. The molecule has 0 aliphatic rings. The highest BCUT2D eigenvalue weighted by Crippen LogP contribution is 2.00. The Morgan fingerprint density at radius 1 is 1.12 bits per heavy atom.